The SMILES string of the molecule is C=C[C@@H]1C[C@]1(NC(=O)[C@@H]1C[C@@](OC)(c2ccc(-c3ccccc3)cc2)CN1C(=O)[C@@H](NC(=O)OC1CCCC1)C(C)(C)SC)C(=O)NS(=O)(=O)C1CC1. The summed E-state index contributed by atoms with van der Waals surface area (Å²) in [5, 5.41) is 5.04. The van der Waals surface area contributed by atoms with Crippen LogP contribution in [0.3, 0.4) is 0 Å². The number of nitrogens with zero attached hydrogens (tertiary/aromatic N) is 1. The molecule has 5 atom stereocenters. The minimum Gasteiger partial charge on any atom is -0.446 e. The number of sulfonamides is 1. The van der Waals surface area contributed by atoms with Gasteiger partial charge in [-0.2, -0.15) is 11.8 Å². The van der Waals surface area contributed by atoms with Gasteiger partial charge in [0.2, 0.25) is 21.8 Å². The molecule has 1 heterocycles. The quantitative estimate of drug-likeness (QED) is 0.233. The van der Waals surface area contributed by atoms with Gasteiger partial charge in [-0.25, -0.2) is 13.2 Å². The standard InChI is InChI=1S/C39H50N4O8S2/c1-6-27-22-39(27,35(46)42-53(48,49)30-20-21-30)41-33(44)31-23-38(50-4,28-18-16-26(17-19-28)25-12-8-7-9-13-25)24-43(31)34(45)32(37(2,3)52-5)40-36(47)51-29-14-10-11-15-29/h6-9,12-13,16-19,27,29-32H,1,10-11,14-15,20-24H2,2-5H3,(H,40,47)(H,41,44)(H,42,46)/t27-,31+,32-,38+,39-/m1/s1. The van der Waals surface area contributed by atoms with E-state index in [-0.39, 0.29) is 25.5 Å². The molecule has 4 amide bonds. The van der Waals surface area contributed by atoms with E-state index in [0.717, 1.165) is 42.4 Å². The molecular weight excluding hydrogens is 717 g/mol. The highest BCUT2D eigenvalue weighted by Gasteiger charge is 2.63. The van der Waals surface area contributed by atoms with Crippen molar-refractivity contribution in [2.45, 2.75) is 105 Å². The zero-order valence-electron chi connectivity index (χ0n) is 30.8. The van der Waals surface area contributed by atoms with Crippen molar-refractivity contribution in [3.63, 3.8) is 0 Å². The van der Waals surface area contributed by atoms with Gasteiger partial charge in [-0.05, 0) is 81.7 Å². The maximum Gasteiger partial charge on any atom is 0.408 e. The minimum absolute atomic E-state index is 0.0293. The lowest BCUT2D eigenvalue weighted by atomic mass is 9.89. The van der Waals surface area contributed by atoms with E-state index in [0.29, 0.717) is 12.8 Å². The van der Waals surface area contributed by atoms with Crippen LogP contribution in [0.15, 0.2) is 67.3 Å². The van der Waals surface area contributed by atoms with E-state index < -0.39 is 73.0 Å². The molecule has 2 aromatic carbocycles. The van der Waals surface area contributed by atoms with Crippen LogP contribution >= 0.6 is 11.8 Å². The first kappa shape index (κ1) is 38.8. The summed E-state index contributed by atoms with van der Waals surface area (Å²) in [7, 11) is -2.37. The van der Waals surface area contributed by atoms with Crippen LogP contribution < -0.4 is 15.4 Å². The molecule has 3 N–H and O–H groups in total. The first-order valence-corrected chi connectivity index (χ1v) is 21.0. The van der Waals surface area contributed by atoms with Crippen LogP contribution in [0.5, 0.6) is 0 Å². The van der Waals surface area contributed by atoms with Gasteiger partial charge >= 0.3 is 6.09 Å². The van der Waals surface area contributed by atoms with Crippen LogP contribution in [0.1, 0.15) is 70.8 Å². The lowest BCUT2D eigenvalue weighted by Crippen LogP contribution is -2.61. The fraction of sp³-hybridized carbons (Fsp3) is 0.538. The summed E-state index contributed by atoms with van der Waals surface area (Å²) in [6.45, 7) is 7.44. The zero-order chi connectivity index (χ0) is 38.2. The Bertz CT molecular complexity index is 1830. The molecule has 0 spiro atoms. The van der Waals surface area contributed by atoms with E-state index in [2.05, 4.69) is 21.9 Å². The second-order valence-electron chi connectivity index (χ2n) is 15.2. The molecule has 2 aromatic rings. The number of rotatable bonds is 14. The fourth-order valence-electron chi connectivity index (χ4n) is 7.56. The van der Waals surface area contributed by atoms with Gasteiger partial charge in [0.25, 0.3) is 5.91 Å². The molecule has 4 fully saturated rings. The third-order valence-corrected chi connectivity index (χ3v) is 14.5. The van der Waals surface area contributed by atoms with E-state index in [1.165, 1.54) is 29.8 Å². The number of alkyl carbamates (subject to hydrolysis) is 1. The van der Waals surface area contributed by atoms with Crippen molar-refractivity contribution in [1.29, 1.82) is 0 Å². The first-order valence-electron chi connectivity index (χ1n) is 18.2. The Morgan fingerprint density at radius 2 is 1.62 bits per heavy atom. The summed E-state index contributed by atoms with van der Waals surface area (Å²) in [5.41, 5.74) is 0.0487. The van der Waals surface area contributed by atoms with E-state index in [9.17, 15) is 27.6 Å². The lowest BCUT2D eigenvalue weighted by molar-refractivity contribution is -0.141. The molecule has 286 valence electrons. The van der Waals surface area contributed by atoms with E-state index in [4.69, 9.17) is 9.47 Å². The van der Waals surface area contributed by atoms with Crippen molar-refractivity contribution in [2.75, 3.05) is 19.9 Å². The molecule has 0 radical (unpaired) electrons. The van der Waals surface area contributed by atoms with Crippen LogP contribution in [-0.2, 0) is 39.5 Å². The molecule has 14 heteroatoms. The zero-order valence-corrected chi connectivity index (χ0v) is 32.4. The van der Waals surface area contributed by atoms with E-state index in [1.807, 2.05) is 74.7 Å². The number of methoxy groups -OCH3 is 1. The molecule has 1 saturated heterocycles. The maximum absolute atomic E-state index is 14.8. The van der Waals surface area contributed by atoms with Gasteiger partial charge in [0, 0.05) is 24.2 Å². The Hall–Kier alpha value is -3.88. The summed E-state index contributed by atoms with van der Waals surface area (Å²) in [4.78, 5) is 57.6. The molecule has 0 aromatic heterocycles. The fourth-order valence-corrected chi connectivity index (χ4v) is 9.31. The molecule has 0 bridgehead atoms. The highest BCUT2D eigenvalue weighted by Crippen LogP contribution is 2.47. The summed E-state index contributed by atoms with van der Waals surface area (Å²) < 4.78 is 38.8. The maximum atomic E-state index is 14.8. The van der Waals surface area contributed by atoms with Gasteiger partial charge in [0.1, 0.15) is 29.3 Å². The molecule has 4 aliphatic rings. The summed E-state index contributed by atoms with van der Waals surface area (Å²) in [6.07, 6.45) is 6.99. The Morgan fingerprint density at radius 3 is 2.19 bits per heavy atom. The van der Waals surface area contributed by atoms with Crippen LogP contribution in [0.2, 0.25) is 0 Å². The Morgan fingerprint density at radius 1 is 0.981 bits per heavy atom. The Kier molecular flexibility index (Phi) is 11.1. The van der Waals surface area contributed by atoms with E-state index in [1.54, 1.807) is 0 Å². The topological polar surface area (TPSA) is 160 Å². The molecule has 12 nitrogen and oxygen atoms in total. The monoisotopic (exact) mass is 766 g/mol. The van der Waals surface area contributed by atoms with Gasteiger partial charge in [-0.1, -0.05) is 60.7 Å². The predicted octanol–water partition coefficient (Wildman–Crippen LogP) is 4.64. The average Bonchev–Trinajstić information content (AvgIpc) is 4.04. The molecular formula is C39H50N4O8S2. The van der Waals surface area contributed by atoms with Gasteiger partial charge in [0.05, 0.1) is 11.8 Å². The van der Waals surface area contributed by atoms with Crippen molar-refractivity contribution < 1.29 is 37.1 Å². The van der Waals surface area contributed by atoms with Crippen molar-refractivity contribution in [3.8, 4) is 11.1 Å². The second kappa shape index (κ2) is 15.1. The van der Waals surface area contributed by atoms with Crippen LogP contribution in [0, 0.1) is 5.92 Å². The van der Waals surface area contributed by atoms with Crippen LogP contribution in [0.4, 0.5) is 4.79 Å². The average molecular weight is 767 g/mol. The minimum atomic E-state index is -3.90. The van der Waals surface area contributed by atoms with Crippen molar-refractivity contribution in [3.05, 3.63) is 72.8 Å². The molecule has 1 aliphatic heterocycles. The van der Waals surface area contributed by atoms with Crippen molar-refractivity contribution >= 4 is 45.6 Å². The Labute approximate surface area is 316 Å². The second-order valence-corrected chi connectivity index (χ2v) is 18.6. The smallest absolute Gasteiger partial charge is 0.408 e. The van der Waals surface area contributed by atoms with Gasteiger partial charge in [-0.3, -0.25) is 19.1 Å². The first-order chi connectivity index (χ1) is 25.2. The number of carbonyl (C=O) groups excluding carboxylic acids is 4. The number of carbonyl (C=O) groups is 4. The Balaban J connectivity index is 1.33. The van der Waals surface area contributed by atoms with Gasteiger partial charge in [0.15, 0.2) is 0 Å². The normalized spacial score (nSPS) is 26.4. The largest absolute Gasteiger partial charge is 0.446 e. The summed E-state index contributed by atoms with van der Waals surface area (Å²) in [5.74, 6) is -2.50. The van der Waals surface area contributed by atoms with Crippen molar-refractivity contribution in [2.24, 2.45) is 5.92 Å². The van der Waals surface area contributed by atoms with Gasteiger partial charge < -0.3 is 25.0 Å². The highest BCUT2D eigenvalue weighted by molar-refractivity contribution is 8.00. The molecule has 3 aliphatic carbocycles. The van der Waals surface area contributed by atoms with Gasteiger partial charge in [-0.15, -0.1) is 6.58 Å². The number of hydrogen-bond acceptors (Lipinski definition) is 9. The molecule has 6 rings (SSSR count). The number of ether oxygens (including phenoxy) is 2. The number of benzene rings is 2. The summed E-state index contributed by atoms with van der Waals surface area (Å²) >= 11 is 1.39. The third kappa shape index (κ3) is 8.00. The number of likely N-dealkylation sites (tertiary alicyclic amines) is 1. The van der Waals surface area contributed by atoms with Crippen molar-refractivity contribution in [1.82, 2.24) is 20.3 Å². The third-order valence-electron chi connectivity index (χ3n) is 11.4. The molecule has 3 saturated carbocycles. The van der Waals surface area contributed by atoms with E-state index >= 15 is 0 Å². The molecule has 53 heavy (non-hydrogen) atoms. The van der Waals surface area contributed by atoms with Crippen LogP contribution in [0.25, 0.3) is 11.1 Å². The summed E-state index contributed by atoms with van der Waals surface area (Å²) in [6, 6.07) is 15.4. The number of amides is 4. The van der Waals surface area contributed by atoms with Crippen LogP contribution in [-0.4, -0.2) is 90.8 Å². The predicted molar refractivity (Wildman–Crippen MR) is 203 cm³/mol. The molecule has 0 unspecified atom stereocenters. The number of nitrogens with one attached hydrogen (secondary N) is 3. The number of thioether (sulfide) groups is 1. The number of hydrogen-bond donors (Lipinski definition) is 3. The highest BCUT2D eigenvalue weighted by atomic mass is 32.2. The lowest BCUT2D eigenvalue weighted by Gasteiger charge is -2.37.